The molecule has 1 aliphatic rings. The lowest BCUT2D eigenvalue weighted by Crippen LogP contribution is -2.57. The monoisotopic (exact) mass is 498 g/mol. The molecule has 1 fully saturated rings. The molecule has 0 bridgehead atoms. The van der Waals surface area contributed by atoms with Gasteiger partial charge in [-0.05, 0) is 44.6 Å². The van der Waals surface area contributed by atoms with Crippen LogP contribution in [-0.2, 0) is 24.0 Å². The third kappa shape index (κ3) is 11.0. The third-order valence-electron chi connectivity index (χ3n) is 5.50. The van der Waals surface area contributed by atoms with E-state index in [1.807, 2.05) is 0 Å². The molecule has 0 aliphatic carbocycles. The van der Waals surface area contributed by atoms with Crippen molar-refractivity contribution in [3.8, 4) is 0 Å². The number of aliphatic carboxylic acids is 1. The van der Waals surface area contributed by atoms with Gasteiger partial charge in [0.25, 0.3) is 0 Å². The van der Waals surface area contributed by atoms with Crippen LogP contribution in [0.4, 0.5) is 0 Å². The van der Waals surface area contributed by atoms with Gasteiger partial charge in [-0.3, -0.25) is 24.2 Å². The summed E-state index contributed by atoms with van der Waals surface area (Å²) in [6.45, 7) is 4.16. The van der Waals surface area contributed by atoms with Crippen molar-refractivity contribution in [2.45, 2.75) is 76.5 Å². The van der Waals surface area contributed by atoms with Crippen molar-refractivity contribution in [2.75, 3.05) is 13.1 Å². The number of nitrogens with zero attached hydrogens (tertiary/aromatic N) is 1. The summed E-state index contributed by atoms with van der Waals surface area (Å²) in [6.07, 6.45) is 1.64. The Morgan fingerprint density at radius 1 is 1.00 bits per heavy atom. The fraction of sp³-hybridized carbons (Fsp3) is 0.714. The van der Waals surface area contributed by atoms with Gasteiger partial charge in [0.05, 0.1) is 6.04 Å². The average Bonchev–Trinajstić information content (AvgIpc) is 3.30. The van der Waals surface area contributed by atoms with Crippen LogP contribution < -0.4 is 38.5 Å². The Bertz CT molecular complexity index is 793. The highest BCUT2D eigenvalue weighted by molar-refractivity contribution is 5.94. The lowest BCUT2D eigenvalue weighted by molar-refractivity contribution is -0.143. The second-order valence-electron chi connectivity index (χ2n) is 8.79. The van der Waals surface area contributed by atoms with Gasteiger partial charge in [-0.25, -0.2) is 4.79 Å². The van der Waals surface area contributed by atoms with Gasteiger partial charge in [0.1, 0.15) is 18.1 Å². The molecule has 4 amide bonds. The van der Waals surface area contributed by atoms with E-state index >= 15 is 0 Å². The SMILES string of the molecule is CC(C)C(NC(=O)C(CCC(N)=O)NC(=O)C(CCCN=C(N)N)NC(=O)C1CCCN1)C(=O)O. The Kier molecular flexibility index (Phi) is 12.5. The summed E-state index contributed by atoms with van der Waals surface area (Å²) in [5.41, 5.74) is 15.8. The van der Waals surface area contributed by atoms with E-state index < -0.39 is 53.8 Å². The topological polar surface area (TPSA) is 244 Å². The first kappa shape index (κ1) is 29.6. The molecule has 198 valence electrons. The van der Waals surface area contributed by atoms with Crippen LogP contribution in [0.1, 0.15) is 52.4 Å². The molecule has 0 saturated carbocycles. The molecule has 35 heavy (non-hydrogen) atoms. The van der Waals surface area contributed by atoms with Crippen LogP contribution >= 0.6 is 0 Å². The molecule has 0 aromatic heterocycles. The smallest absolute Gasteiger partial charge is 0.326 e. The second kappa shape index (κ2) is 14.8. The lowest BCUT2D eigenvalue weighted by Gasteiger charge is -2.26. The molecule has 4 atom stereocenters. The van der Waals surface area contributed by atoms with E-state index in [0.717, 1.165) is 6.42 Å². The molecular formula is C21H38N8O6. The van der Waals surface area contributed by atoms with Crippen molar-refractivity contribution in [3.63, 3.8) is 0 Å². The first-order chi connectivity index (χ1) is 16.4. The predicted octanol–water partition coefficient (Wildman–Crippen LogP) is -2.75. The molecule has 14 nitrogen and oxygen atoms in total. The molecule has 0 spiro atoms. The van der Waals surface area contributed by atoms with Gasteiger partial charge >= 0.3 is 5.97 Å². The minimum absolute atomic E-state index is 0.105. The Hall–Kier alpha value is -3.42. The highest BCUT2D eigenvalue weighted by atomic mass is 16.4. The number of nitrogens with two attached hydrogens (primary N) is 3. The molecule has 4 unspecified atom stereocenters. The van der Waals surface area contributed by atoms with Gasteiger partial charge in [-0.15, -0.1) is 0 Å². The average molecular weight is 499 g/mol. The molecule has 1 heterocycles. The van der Waals surface area contributed by atoms with Crippen LogP contribution in [0.3, 0.4) is 0 Å². The van der Waals surface area contributed by atoms with Crippen molar-refractivity contribution in [2.24, 2.45) is 28.1 Å². The van der Waals surface area contributed by atoms with E-state index in [4.69, 9.17) is 17.2 Å². The zero-order valence-corrected chi connectivity index (χ0v) is 20.2. The maximum atomic E-state index is 13.1. The zero-order valence-electron chi connectivity index (χ0n) is 20.2. The summed E-state index contributed by atoms with van der Waals surface area (Å²) in [7, 11) is 0. The van der Waals surface area contributed by atoms with E-state index in [2.05, 4.69) is 26.3 Å². The molecule has 1 rings (SSSR count). The van der Waals surface area contributed by atoms with Gasteiger partial charge in [-0.2, -0.15) is 0 Å². The molecule has 1 aliphatic heterocycles. The molecule has 0 aromatic rings. The Morgan fingerprint density at radius 2 is 1.63 bits per heavy atom. The van der Waals surface area contributed by atoms with E-state index in [9.17, 15) is 29.1 Å². The van der Waals surface area contributed by atoms with E-state index in [1.165, 1.54) is 0 Å². The maximum absolute atomic E-state index is 13.1. The highest BCUT2D eigenvalue weighted by Gasteiger charge is 2.32. The number of nitrogens with one attached hydrogen (secondary N) is 4. The van der Waals surface area contributed by atoms with Crippen LogP contribution in [-0.4, -0.2) is 77.9 Å². The third-order valence-corrected chi connectivity index (χ3v) is 5.50. The van der Waals surface area contributed by atoms with Crippen LogP contribution in [0.25, 0.3) is 0 Å². The number of amides is 4. The largest absolute Gasteiger partial charge is 0.480 e. The minimum atomic E-state index is -1.24. The number of rotatable bonds is 15. The van der Waals surface area contributed by atoms with Crippen molar-refractivity contribution in [3.05, 3.63) is 0 Å². The second-order valence-corrected chi connectivity index (χ2v) is 8.79. The van der Waals surface area contributed by atoms with Crippen LogP contribution in [0.5, 0.6) is 0 Å². The quantitative estimate of drug-likeness (QED) is 0.0661. The number of aliphatic imine (C=N–C) groups is 1. The summed E-state index contributed by atoms with van der Waals surface area (Å²) in [6, 6.07) is -3.88. The summed E-state index contributed by atoms with van der Waals surface area (Å²) in [5.74, 6) is -4.25. The van der Waals surface area contributed by atoms with E-state index in [-0.39, 0.29) is 37.7 Å². The number of carbonyl (C=O) groups is 5. The van der Waals surface area contributed by atoms with Crippen LogP contribution in [0.15, 0.2) is 4.99 Å². The Morgan fingerprint density at radius 3 is 2.14 bits per heavy atom. The van der Waals surface area contributed by atoms with Gasteiger partial charge < -0.3 is 43.6 Å². The summed E-state index contributed by atoms with van der Waals surface area (Å²) in [5, 5.41) is 20.0. The van der Waals surface area contributed by atoms with Crippen molar-refractivity contribution in [1.29, 1.82) is 0 Å². The number of carboxylic acid groups (broad SMARTS) is 1. The lowest BCUT2D eigenvalue weighted by atomic mass is 10.0. The highest BCUT2D eigenvalue weighted by Crippen LogP contribution is 2.09. The van der Waals surface area contributed by atoms with Gasteiger partial charge in [0.15, 0.2) is 5.96 Å². The van der Waals surface area contributed by atoms with E-state index in [1.54, 1.807) is 13.8 Å². The number of carbonyl (C=O) groups excluding carboxylic acids is 4. The first-order valence-electron chi connectivity index (χ1n) is 11.6. The maximum Gasteiger partial charge on any atom is 0.326 e. The van der Waals surface area contributed by atoms with Crippen LogP contribution in [0, 0.1) is 5.92 Å². The molecule has 1 saturated heterocycles. The van der Waals surface area contributed by atoms with Crippen molar-refractivity contribution in [1.82, 2.24) is 21.3 Å². The fourth-order valence-electron chi connectivity index (χ4n) is 3.55. The fourth-order valence-corrected chi connectivity index (χ4v) is 3.55. The Balaban J connectivity index is 2.98. The number of carboxylic acids is 1. The van der Waals surface area contributed by atoms with Gasteiger partial charge in [0, 0.05) is 13.0 Å². The number of primary amides is 1. The van der Waals surface area contributed by atoms with Crippen molar-refractivity contribution >= 4 is 35.6 Å². The van der Waals surface area contributed by atoms with Gasteiger partial charge in [-0.1, -0.05) is 13.8 Å². The van der Waals surface area contributed by atoms with E-state index in [0.29, 0.717) is 19.4 Å². The molecule has 14 heteroatoms. The van der Waals surface area contributed by atoms with Crippen molar-refractivity contribution < 1.29 is 29.1 Å². The standard InChI is InChI=1S/C21H38N8O6/c1-11(2)16(20(34)35)29-19(33)14(7-8-15(22)30)28-18(32)13(6-4-10-26-21(23)24)27-17(31)12-5-3-9-25-12/h11-14,16,25H,3-10H2,1-2H3,(H2,22,30)(H,27,31)(H,28,32)(H,29,33)(H,34,35)(H4,23,24,26). The molecule has 0 radical (unpaired) electrons. The number of hydrogen-bond donors (Lipinski definition) is 8. The molecule has 11 N–H and O–H groups in total. The zero-order chi connectivity index (χ0) is 26.5. The summed E-state index contributed by atoms with van der Waals surface area (Å²) >= 11 is 0. The summed E-state index contributed by atoms with van der Waals surface area (Å²) in [4.78, 5) is 65.1. The van der Waals surface area contributed by atoms with Gasteiger partial charge in [0.2, 0.25) is 23.6 Å². The Labute approximate surface area is 204 Å². The predicted molar refractivity (Wildman–Crippen MR) is 128 cm³/mol. The number of hydrogen-bond acceptors (Lipinski definition) is 7. The number of guanidine groups is 1. The molecule has 0 aromatic carbocycles. The summed E-state index contributed by atoms with van der Waals surface area (Å²) < 4.78 is 0. The first-order valence-corrected chi connectivity index (χ1v) is 11.6. The normalized spacial score (nSPS) is 17.6. The van der Waals surface area contributed by atoms with Crippen LogP contribution in [0.2, 0.25) is 0 Å². The molecular weight excluding hydrogens is 460 g/mol. The minimum Gasteiger partial charge on any atom is -0.480 e.